The van der Waals surface area contributed by atoms with E-state index in [0.29, 0.717) is 5.03 Å². The first-order valence-corrected chi connectivity index (χ1v) is 2.93. The molecule has 0 bridgehead atoms. The molecule has 2 N–H and O–H groups in total. The van der Waals surface area contributed by atoms with Gasteiger partial charge in [0.25, 0.3) is 0 Å². The van der Waals surface area contributed by atoms with Gasteiger partial charge in [-0.15, -0.1) is 0 Å². The summed E-state index contributed by atoms with van der Waals surface area (Å²) in [5.74, 6) is 0. The molecule has 0 aliphatic carbocycles. The van der Waals surface area contributed by atoms with Gasteiger partial charge in [-0.3, -0.25) is 0 Å². The van der Waals surface area contributed by atoms with Crippen molar-refractivity contribution in [2.45, 2.75) is 13.3 Å². The summed E-state index contributed by atoms with van der Waals surface area (Å²) in [4.78, 5) is 0. The molecule has 0 aliphatic rings. The van der Waals surface area contributed by atoms with Crippen LogP contribution in [0.3, 0.4) is 0 Å². The monoisotopic (exact) mass is 131 g/mol. The molecule has 1 nitrogen and oxygen atoms in total. The first-order chi connectivity index (χ1) is 3.81. The van der Waals surface area contributed by atoms with Crippen LogP contribution in [0.1, 0.15) is 13.3 Å². The number of allylic oxidation sites excluding steroid dienone is 3. The van der Waals surface area contributed by atoms with E-state index in [1.54, 1.807) is 6.08 Å². The summed E-state index contributed by atoms with van der Waals surface area (Å²) in [6.07, 6.45) is 5.92. The zero-order valence-electron chi connectivity index (χ0n) is 4.89. The maximum atomic E-state index is 5.58. The highest BCUT2D eigenvalue weighted by Gasteiger charge is 1.77. The van der Waals surface area contributed by atoms with E-state index in [1.807, 2.05) is 13.0 Å². The Hall–Kier alpha value is -0.430. The van der Waals surface area contributed by atoms with Crippen LogP contribution in [0.5, 0.6) is 0 Å². The van der Waals surface area contributed by atoms with Crippen molar-refractivity contribution < 1.29 is 0 Å². The Morgan fingerprint density at radius 1 is 1.75 bits per heavy atom. The van der Waals surface area contributed by atoms with Crippen molar-refractivity contribution in [2.24, 2.45) is 5.73 Å². The quantitative estimate of drug-likeness (QED) is 0.570. The average molecular weight is 132 g/mol. The molecule has 8 heavy (non-hydrogen) atoms. The van der Waals surface area contributed by atoms with Crippen molar-refractivity contribution in [3.63, 3.8) is 0 Å². The van der Waals surface area contributed by atoms with E-state index in [-0.39, 0.29) is 0 Å². The standard InChI is InChI=1S/C6H10ClN/c1-2-3-6(7)4-5-8/h3-5H,2,8H2,1H3/b5-4-,6-3+. The first-order valence-electron chi connectivity index (χ1n) is 2.55. The zero-order valence-corrected chi connectivity index (χ0v) is 5.65. The summed E-state index contributed by atoms with van der Waals surface area (Å²) in [6, 6.07) is 0. The molecular formula is C6H10ClN. The molecule has 0 saturated heterocycles. The minimum atomic E-state index is 0.704. The predicted octanol–water partition coefficient (Wildman–Crippen LogP) is 1.99. The molecular weight excluding hydrogens is 122 g/mol. The third-order valence-electron chi connectivity index (χ3n) is 0.655. The van der Waals surface area contributed by atoms with Crippen molar-refractivity contribution >= 4 is 11.6 Å². The van der Waals surface area contributed by atoms with Gasteiger partial charge in [-0.2, -0.15) is 0 Å². The summed E-state index contributed by atoms with van der Waals surface area (Å²) >= 11 is 5.58. The predicted molar refractivity (Wildman–Crippen MR) is 37.6 cm³/mol. The highest BCUT2D eigenvalue weighted by Crippen LogP contribution is 2.02. The number of nitrogens with two attached hydrogens (primary N) is 1. The van der Waals surface area contributed by atoms with Gasteiger partial charge in [-0.25, -0.2) is 0 Å². The Kier molecular flexibility index (Phi) is 4.47. The minimum Gasteiger partial charge on any atom is -0.405 e. The summed E-state index contributed by atoms with van der Waals surface area (Å²) in [5.41, 5.74) is 5.05. The van der Waals surface area contributed by atoms with Crippen molar-refractivity contribution in [3.05, 3.63) is 23.4 Å². The summed E-state index contributed by atoms with van der Waals surface area (Å²) < 4.78 is 0. The van der Waals surface area contributed by atoms with E-state index < -0.39 is 0 Å². The van der Waals surface area contributed by atoms with Crippen LogP contribution in [0.15, 0.2) is 23.4 Å². The number of rotatable bonds is 2. The summed E-state index contributed by atoms with van der Waals surface area (Å²) in [6.45, 7) is 2.02. The van der Waals surface area contributed by atoms with Crippen LogP contribution in [0.2, 0.25) is 0 Å². The molecule has 2 heteroatoms. The fourth-order valence-corrected chi connectivity index (χ4v) is 0.582. The van der Waals surface area contributed by atoms with E-state index in [4.69, 9.17) is 17.3 Å². The van der Waals surface area contributed by atoms with Crippen molar-refractivity contribution in [3.8, 4) is 0 Å². The lowest BCUT2D eigenvalue weighted by Crippen LogP contribution is -1.74. The van der Waals surface area contributed by atoms with Gasteiger partial charge in [0, 0.05) is 5.03 Å². The van der Waals surface area contributed by atoms with Gasteiger partial charge < -0.3 is 5.73 Å². The maximum absolute atomic E-state index is 5.58. The molecule has 0 amide bonds. The molecule has 0 aromatic rings. The molecule has 0 spiro atoms. The molecule has 0 unspecified atom stereocenters. The fourth-order valence-electron chi connectivity index (χ4n) is 0.355. The molecule has 0 rings (SSSR count). The molecule has 0 aliphatic heterocycles. The van der Waals surface area contributed by atoms with Gasteiger partial charge >= 0.3 is 0 Å². The van der Waals surface area contributed by atoms with Crippen molar-refractivity contribution in [2.75, 3.05) is 0 Å². The molecule has 0 aromatic heterocycles. The van der Waals surface area contributed by atoms with Crippen LogP contribution in [0.4, 0.5) is 0 Å². The summed E-state index contributed by atoms with van der Waals surface area (Å²) in [5, 5.41) is 0.704. The second-order valence-corrected chi connectivity index (χ2v) is 1.79. The third kappa shape index (κ3) is 3.75. The van der Waals surface area contributed by atoms with Gasteiger partial charge in [0.15, 0.2) is 0 Å². The molecule has 0 heterocycles. The van der Waals surface area contributed by atoms with Crippen molar-refractivity contribution in [1.82, 2.24) is 0 Å². The normalized spacial score (nSPS) is 13.0. The maximum Gasteiger partial charge on any atom is 0.0380 e. The fraction of sp³-hybridized carbons (Fsp3) is 0.333. The van der Waals surface area contributed by atoms with E-state index in [2.05, 4.69) is 0 Å². The Bertz CT molecular complexity index is 105. The Labute approximate surface area is 54.8 Å². The van der Waals surface area contributed by atoms with Crippen LogP contribution in [-0.4, -0.2) is 0 Å². The van der Waals surface area contributed by atoms with Gasteiger partial charge in [-0.05, 0) is 18.7 Å². The lowest BCUT2D eigenvalue weighted by molar-refractivity contribution is 1.22. The van der Waals surface area contributed by atoms with Gasteiger partial charge in [0.2, 0.25) is 0 Å². The lowest BCUT2D eigenvalue weighted by Gasteiger charge is -1.82. The average Bonchev–Trinajstić information content (AvgIpc) is 1.68. The minimum absolute atomic E-state index is 0.704. The Morgan fingerprint density at radius 3 is 2.75 bits per heavy atom. The van der Waals surface area contributed by atoms with Gasteiger partial charge in [-0.1, -0.05) is 24.6 Å². The number of hydrogen-bond donors (Lipinski definition) is 1. The number of halogens is 1. The number of hydrogen-bond acceptors (Lipinski definition) is 1. The highest BCUT2D eigenvalue weighted by atomic mass is 35.5. The second-order valence-electron chi connectivity index (χ2n) is 1.36. The molecule has 0 atom stereocenters. The molecule has 0 radical (unpaired) electrons. The van der Waals surface area contributed by atoms with E-state index in [1.165, 1.54) is 6.20 Å². The van der Waals surface area contributed by atoms with Crippen LogP contribution in [0, 0.1) is 0 Å². The first kappa shape index (κ1) is 7.57. The topological polar surface area (TPSA) is 26.0 Å². The van der Waals surface area contributed by atoms with Gasteiger partial charge in [0.1, 0.15) is 0 Å². The molecule has 0 aromatic carbocycles. The molecule has 0 fully saturated rings. The van der Waals surface area contributed by atoms with Crippen LogP contribution >= 0.6 is 11.6 Å². The van der Waals surface area contributed by atoms with Crippen LogP contribution < -0.4 is 5.73 Å². The second kappa shape index (κ2) is 4.72. The SMILES string of the molecule is CC/C=C(Cl)\C=C/N. The molecule has 46 valence electrons. The zero-order chi connectivity index (χ0) is 6.41. The van der Waals surface area contributed by atoms with E-state index in [9.17, 15) is 0 Å². The van der Waals surface area contributed by atoms with E-state index in [0.717, 1.165) is 6.42 Å². The smallest absolute Gasteiger partial charge is 0.0380 e. The van der Waals surface area contributed by atoms with Gasteiger partial charge in [0.05, 0.1) is 0 Å². The van der Waals surface area contributed by atoms with Crippen LogP contribution in [-0.2, 0) is 0 Å². The summed E-state index contributed by atoms with van der Waals surface area (Å²) in [7, 11) is 0. The third-order valence-corrected chi connectivity index (χ3v) is 0.935. The van der Waals surface area contributed by atoms with E-state index >= 15 is 0 Å². The highest BCUT2D eigenvalue weighted by molar-refractivity contribution is 6.31. The Balaban J connectivity index is 3.61. The Morgan fingerprint density at radius 2 is 2.38 bits per heavy atom. The molecule has 0 saturated carbocycles. The largest absolute Gasteiger partial charge is 0.405 e. The van der Waals surface area contributed by atoms with Crippen molar-refractivity contribution in [1.29, 1.82) is 0 Å². The lowest BCUT2D eigenvalue weighted by atomic mass is 10.4. The van der Waals surface area contributed by atoms with Crippen LogP contribution in [0.25, 0.3) is 0 Å².